The zero-order valence-electron chi connectivity index (χ0n) is 11.2. The van der Waals surface area contributed by atoms with Crippen LogP contribution in [0.15, 0.2) is 18.2 Å². The number of non-ortho nitro benzene ring substituents is 1. The molecule has 1 aromatic rings. The first-order valence-corrected chi connectivity index (χ1v) is 6.24. The maximum absolute atomic E-state index is 11.0. The standard InChI is InChI=1S/C12H17N3O5/c1-2-5-13(6-7-16)9-10-3-4-11(14(17)18)8-12(10)15(19)20/h3-4,8,16H,2,5-7,9H2,1H3. The highest BCUT2D eigenvalue weighted by Gasteiger charge is 2.20. The van der Waals surface area contributed by atoms with E-state index in [1.165, 1.54) is 12.1 Å². The van der Waals surface area contributed by atoms with Gasteiger partial charge in [0.05, 0.1) is 22.5 Å². The monoisotopic (exact) mass is 283 g/mol. The Morgan fingerprint density at radius 1 is 1.20 bits per heavy atom. The van der Waals surface area contributed by atoms with Gasteiger partial charge in [-0.05, 0) is 19.0 Å². The molecule has 0 heterocycles. The third kappa shape index (κ3) is 4.25. The molecule has 0 unspecified atom stereocenters. The number of nitrogens with zero attached hydrogens (tertiary/aromatic N) is 3. The number of hydrogen-bond acceptors (Lipinski definition) is 6. The van der Waals surface area contributed by atoms with Crippen molar-refractivity contribution < 1.29 is 15.0 Å². The maximum Gasteiger partial charge on any atom is 0.280 e. The summed E-state index contributed by atoms with van der Waals surface area (Å²) in [5.74, 6) is 0. The molecule has 0 fully saturated rings. The van der Waals surface area contributed by atoms with E-state index in [1.807, 2.05) is 11.8 Å². The predicted octanol–water partition coefficient (Wildman–Crippen LogP) is 1.71. The minimum atomic E-state index is -0.658. The van der Waals surface area contributed by atoms with Crippen LogP contribution in [-0.4, -0.2) is 39.5 Å². The van der Waals surface area contributed by atoms with Crippen LogP contribution >= 0.6 is 0 Å². The number of nitro groups is 2. The molecular formula is C12H17N3O5. The van der Waals surface area contributed by atoms with E-state index in [-0.39, 0.29) is 24.5 Å². The number of aliphatic hydroxyl groups is 1. The van der Waals surface area contributed by atoms with Crippen LogP contribution in [-0.2, 0) is 6.54 Å². The molecule has 0 bridgehead atoms. The Labute approximate surface area is 115 Å². The average molecular weight is 283 g/mol. The van der Waals surface area contributed by atoms with Crippen molar-refractivity contribution in [2.75, 3.05) is 19.7 Å². The number of aliphatic hydroxyl groups excluding tert-OH is 1. The highest BCUT2D eigenvalue weighted by Crippen LogP contribution is 2.25. The summed E-state index contributed by atoms with van der Waals surface area (Å²) in [5.41, 5.74) is -0.162. The fourth-order valence-corrected chi connectivity index (χ4v) is 1.94. The molecular weight excluding hydrogens is 266 g/mol. The minimum absolute atomic E-state index is 0.0409. The smallest absolute Gasteiger partial charge is 0.280 e. The fraction of sp³-hybridized carbons (Fsp3) is 0.500. The molecule has 0 saturated heterocycles. The molecule has 0 spiro atoms. The molecule has 8 nitrogen and oxygen atoms in total. The van der Waals surface area contributed by atoms with Gasteiger partial charge in [-0.25, -0.2) is 0 Å². The second-order valence-electron chi connectivity index (χ2n) is 4.33. The second-order valence-corrected chi connectivity index (χ2v) is 4.33. The van der Waals surface area contributed by atoms with E-state index < -0.39 is 9.85 Å². The van der Waals surface area contributed by atoms with Crippen molar-refractivity contribution in [1.29, 1.82) is 0 Å². The third-order valence-electron chi connectivity index (χ3n) is 2.83. The van der Waals surface area contributed by atoms with Crippen LogP contribution in [0.1, 0.15) is 18.9 Å². The van der Waals surface area contributed by atoms with Gasteiger partial charge in [-0.2, -0.15) is 0 Å². The Balaban J connectivity index is 3.03. The van der Waals surface area contributed by atoms with E-state index in [9.17, 15) is 20.2 Å². The molecule has 110 valence electrons. The minimum Gasteiger partial charge on any atom is -0.395 e. The molecule has 0 amide bonds. The summed E-state index contributed by atoms with van der Waals surface area (Å²) in [7, 11) is 0. The van der Waals surface area contributed by atoms with Gasteiger partial charge < -0.3 is 5.11 Å². The summed E-state index contributed by atoms with van der Waals surface area (Å²) in [6, 6.07) is 3.63. The lowest BCUT2D eigenvalue weighted by Crippen LogP contribution is -2.27. The van der Waals surface area contributed by atoms with Crippen molar-refractivity contribution >= 4 is 11.4 Å². The summed E-state index contributed by atoms with van der Waals surface area (Å²) in [6.07, 6.45) is 0.848. The molecule has 8 heteroatoms. The normalized spacial score (nSPS) is 10.8. The number of nitro benzene ring substituents is 2. The van der Waals surface area contributed by atoms with Gasteiger partial charge in [0.1, 0.15) is 0 Å². The Morgan fingerprint density at radius 2 is 1.90 bits per heavy atom. The van der Waals surface area contributed by atoms with Gasteiger partial charge in [0.25, 0.3) is 11.4 Å². The molecule has 1 rings (SSSR count). The van der Waals surface area contributed by atoms with Crippen LogP contribution in [0, 0.1) is 20.2 Å². The zero-order valence-corrected chi connectivity index (χ0v) is 11.2. The largest absolute Gasteiger partial charge is 0.395 e. The van der Waals surface area contributed by atoms with E-state index in [0.717, 1.165) is 12.5 Å². The highest BCUT2D eigenvalue weighted by molar-refractivity contribution is 5.49. The number of benzene rings is 1. The summed E-state index contributed by atoms with van der Waals surface area (Å²) in [5, 5.41) is 30.6. The van der Waals surface area contributed by atoms with Gasteiger partial charge in [-0.3, -0.25) is 25.1 Å². The van der Waals surface area contributed by atoms with Crippen molar-refractivity contribution in [2.24, 2.45) is 0 Å². The highest BCUT2D eigenvalue weighted by atomic mass is 16.6. The SMILES string of the molecule is CCCN(CCO)Cc1ccc([N+](=O)[O-])cc1[N+](=O)[O-]. The topological polar surface area (TPSA) is 110 Å². The van der Waals surface area contributed by atoms with Gasteiger partial charge >= 0.3 is 0 Å². The zero-order chi connectivity index (χ0) is 15.1. The Kier molecular flexibility index (Phi) is 6.01. The predicted molar refractivity (Wildman–Crippen MR) is 72.4 cm³/mol. The van der Waals surface area contributed by atoms with Crippen LogP contribution in [0.3, 0.4) is 0 Å². The van der Waals surface area contributed by atoms with Gasteiger partial charge in [-0.15, -0.1) is 0 Å². The van der Waals surface area contributed by atoms with Crippen molar-refractivity contribution in [2.45, 2.75) is 19.9 Å². The summed E-state index contributed by atoms with van der Waals surface area (Å²) in [4.78, 5) is 22.3. The summed E-state index contributed by atoms with van der Waals surface area (Å²) < 4.78 is 0. The van der Waals surface area contributed by atoms with Gasteiger partial charge in [0.15, 0.2) is 0 Å². The van der Waals surface area contributed by atoms with Crippen LogP contribution in [0.5, 0.6) is 0 Å². The number of rotatable bonds is 8. The van der Waals surface area contributed by atoms with Crippen molar-refractivity contribution in [3.8, 4) is 0 Å². The van der Waals surface area contributed by atoms with Gasteiger partial charge in [0.2, 0.25) is 0 Å². The number of hydrogen-bond donors (Lipinski definition) is 1. The van der Waals surface area contributed by atoms with Crippen LogP contribution in [0.2, 0.25) is 0 Å². The van der Waals surface area contributed by atoms with Crippen molar-refractivity contribution in [3.63, 3.8) is 0 Å². The van der Waals surface area contributed by atoms with E-state index in [4.69, 9.17) is 5.11 Å². The summed E-state index contributed by atoms with van der Waals surface area (Å²) in [6.45, 7) is 3.30. The van der Waals surface area contributed by atoms with Gasteiger partial charge in [0, 0.05) is 24.7 Å². The van der Waals surface area contributed by atoms with Crippen LogP contribution < -0.4 is 0 Å². The molecule has 0 aromatic heterocycles. The van der Waals surface area contributed by atoms with Gasteiger partial charge in [-0.1, -0.05) is 6.92 Å². The molecule has 0 radical (unpaired) electrons. The molecule has 20 heavy (non-hydrogen) atoms. The van der Waals surface area contributed by atoms with E-state index in [1.54, 1.807) is 0 Å². The molecule has 0 aliphatic carbocycles. The molecule has 0 atom stereocenters. The summed E-state index contributed by atoms with van der Waals surface area (Å²) >= 11 is 0. The fourth-order valence-electron chi connectivity index (χ4n) is 1.94. The Hall–Kier alpha value is -2.06. The lowest BCUT2D eigenvalue weighted by Gasteiger charge is -2.20. The molecule has 0 saturated carbocycles. The lowest BCUT2D eigenvalue weighted by molar-refractivity contribution is -0.394. The molecule has 0 aliphatic heterocycles. The van der Waals surface area contributed by atoms with Crippen LogP contribution in [0.4, 0.5) is 11.4 Å². The molecule has 1 aromatic carbocycles. The van der Waals surface area contributed by atoms with E-state index in [0.29, 0.717) is 18.7 Å². The molecule has 1 N–H and O–H groups in total. The first kappa shape index (κ1) is 16.0. The van der Waals surface area contributed by atoms with Crippen molar-refractivity contribution in [3.05, 3.63) is 44.0 Å². The van der Waals surface area contributed by atoms with Crippen LogP contribution in [0.25, 0.3) is 0 Å². The lowest BCUT2D eigenvalue weighted by atomic mass is 10.1. The third-order valence-corrected chi connectivity index (χ3v) is 2.83. The quantitative estimate of drug-likeness (QED) is 0.574. The first-order valence-electron chi connectivity index (χ1n) is 6.24. The molecule has 0 aliphatic rings. The Morgan fingerprint density at radius 3 is 2.40 bits per heavy atom. The maximum atomic E-state index is 11.0. The average Bonchev–Trinajstić information content (AvgIpc) is 2.39. The second kappa shape index (κ2) is 7.51. The Bertz CT molecular complexity index is 486. The van der Waals surface area contributed by atoms with E-state index >= 15 is 0 Å². The van der Waals surface area contributed by atoms with Crippen molar-refractivity contribution in [1.82, 2.24) is 4.90 Å². The van der Waals surface area contributed by atoms with E-state index in [2.05, 4.69) is 0 Å². The first-order chi connectivity index (χ1) is 9.49.